The minimum absolute atomic E-state index is 0.334. The number of rotatable bonds is 6. The number of nitrogens with one attached hydrogen (secondary N) is 1. The second-order valence-corrected chi connectivity index (χ2v) is 8.54. The minimum Gasteiger partial charge on any atom is -0.378 e. The standard InChI is InChI=1S/C25H21ClF5N3O2/c26-21-13-17(16-5-7-18(8-6-16)34-9-11-36-12-10-34)14-32-22(21)24(27,28)15-33-23(35)19-3-1-2-4-20(19)25(29,30)31/h1-8,13-14H,9-12,15H2,(H,33,35). The quantitative estimate of drug-likeness (QED) is 0.415. The third-order valence-electron chi connectivity index (χ3n) is 5.71. The molecule has 190 valence electrons. The van der Waals surface area contributed by atoms with Gasteiger partial charge in [0.1, 0.15) is 5.69 Å². The summed E-state index contributed by atoms with van der Waals surface area (Å²) in [6, 6.07) is 12.8. The number of anilines is 1. The van der Waals surface area contributed by atoms with E-state index in [9.17, 15) is 26.7 Å². The molecule has 36 heavy (non-hydrogen) atoms. The number of carbonyl (C=O) groups excluding carboxylic acids is 1. The maximum atomic E-state index is 14.8. The smallest absolute Gasteiger partial charge is 0.378 e. The van der Waals surface area contributed by atoms with Crippen molar-refractivity contribution in [3.63, 3.8) is 0 Å². The largest absolute Gasteiger partial charge is 0.417 e. The van der Waals surface area contributed by atoms with E-state index in [1.165, 1.54) is 18.3 Å². The average Bonchev–Trinajstić information content (AvgIpc) is 2.87. The Morgan fingerprint density at radius 3 is 2.31 bits per heavy atom. The van der Waals surface area contributed by atoms with Crippen molar-refractivity contribution in [1.82, 2.24) is 10.3 Å². The number of pyridine rings is 1. The SMILES string of the molecule is O=C(NCC(F)(F)c1ncc(-c2ccc(N3CCOCC3)cc2)cc1Cl)c1ccccc1C(F)(F)F. The van der Waals surface area contributed by atoms with Crippen LogP contribution < -0.4 is 10.2 Å². The van der Waals surface area contributed by atoms with Crippen molar-refractivity contribution in [3.05, 3.63) is 82.6 Å². The van der Waals surface area contributed by atoms with Crippen molar-refractivity contribution >= 4 is 23.2 Å². The second kappa shape index (κ2) is 10.4. The summed E-state index contributed by atoms with van der Waals surface area (Å²) in [4.78, 5) is 18.2. The van der Waals surface area contributed by atoms with Crippen LogP contribution in [0.3, 0.4) is 0 Å². The highest BCUT2D eigenvalue weighted by Gasteiger charge is 2.38. The highest BCUT2D eigenvalue weighted by atomic mass is 35.5. The molecule has 1 aliphatic rings. The molecule has 1 fully saturated rings. The predicted molar refractivity (Wildman–Crippen MR) is 125 cm³/mol. The molecule has 0 aliphatic carbocycles. The summed E-state index contributed by atoms with van der Waals surface area (Å²) in [6.07, 6.45) is -3.57. The Labute approximate surface area is 208 Å². The molecular formula is C25H21ClF5N3O2. The summed E-state index contributed by atoms with van der Waals surface area (Å²) in [7, 11) is 0. The zero-order valence-corrected chi connectivity index (χ0v) is 19.5. The Bertz CT molecular complexity index is 1230. The minimum atomic E-state index is -4.81. The fraction of sp³-hybridized carbons (Fsp3) is 0.280. The first-order valence-electron chi connectivity index (χ1n) is 11.0. The molecule has 11 heteroatoms. The molecule has 5 nitrogen and oxygen atoms in total. The molecule has 1 aliphatic heterocycles. The van der Waals surface area contributed by atoms with Crippen LogP contribution in [0.5, 0.6) is 0 Å². The van der Waals surface area contributed by atoms with Gasteiger partial charge in [0, 0.05) is 30.5 Å². The summed E-state index contributed by atoms with van der Waals surface area (Å²) in [5.41, 5.74) is -0.527. The normalized spacial score (nSPS) is 14.6. The van der Waals surface area contributed by atoms with Crippen LogP contribution >= 0.6 is 11.6 Å². The molecule has 0 saturated carbocycles. The van der Waals surface area contributed by atoms with Crippen LogP contribution in [0.15, 0.2) is 60.8 Å². The first-order chi connectivity index (χ1) is 17.1. The van der Waals surface area contributed by atoms with Crippen molar-refractivity contribution in [1.29, 1.82) is 0 Å². The number of carbonyl (C=O) groups is 1. The lowest BCUT2D eigenvalue weighted by molar-refractivity contribution is -0.137. The number of benzene rings is 2. The number of hydrogen-bond acceptors (Lipinski definition) is 4. The fourth-order valence-electron chi connectivity index (χ4n) is 3.85. The molecular weight excluding hydrogens is 505 g/mol. The van der Waals surface area contributed by atoms with Gasteiger partial charge in [-0.2, -0.15) is 22.0 Å². The molecule has 3 aromatic rings. The zero-order valence-electron chi connectivity index (χ0n) is 18.8. The first kappa shape index (κ1) is 25.8. The predicted octanol–water partition coefficient (Wildman–Crippen LogP) is 5.78. The number of ether oxygens (including phenoxy) is 1. The van der Waals surface area contributed by atoms with Gasteiger partial charge in [-0.05, 0) is 35.9 Å². The van der Waals surface area contributed by atoms with Crippen LogP contribution in [0.25, 0.3) is 11.1 Å². The van der Waals surface area contributed by atoms with Crippen LogP contribution in [0.1, 0.15) is 21.6 Å². The topological polar surface area (TPSA) is 54.5 Å². The first-order valence-corrected chi connectivity index (χ1v) is 11.4. The van der Waals surface area contributed by atoms with E-state index in [1.54, 1.807) is 0 Å². The van der Waals surface area contributed by atoms with E-state index in [0.717, 1.165) is 30.9 Å². The van der Waals surface area contributed by atoms with Gasteiger partial charge in [0.25, 0.3) is 5.91 Å². The number of halogens is 6. The van der Waals surface area contributed by atoms with Crippen molar-refractivity contribution in [3.8, 4) is 11.1 Å². The molecule has 1 aromatic heterocycles. The van der Waals surface area contributed by atoms with Gasteiger partial charge in [0.15, 0.2) is 0 Å². The molecule has 0 atom stereocenters. The fourth-order valence-corrected chi connectivity index (χ4v) is 4.15. The Morgan fingerprint density at radius 2 is 1.67 bits per heavy atom. The summed E-state index contributed by atoms with van der Waals surface area (Å²) < 4.78 is 74.4. The molecule has 0 radical (unpaired) electrons. The van der Waals surface area contributed by atoms with Crippen molar-refractivity contribution < 1.29 is 31.5 Å². The van der Waals surface area contributed by atoms with E-state index in [1.807, 2.05) is 29.6 Å². The van der Waals surface area contributed by atoms with E-state index in [0.29, 0.717) is 30.4 Å². The van der Waals surface area contributed by atoms with Crippen LogP contribution in [-0.4, -0.2) is 43.7 Å². The van der Waals surface area contributed by atoms with Gasteiger partial charge in [-0.15, -0.1) is 0 Å². The molecule has 0 bridgehead atoms. The van der Waals surface area contributed by atoms with Crippen molar-refractivity contribution in [2.75, 3.05) is 37.7 Å². The van der Waals surface area contributed by atoms with Gasteiger partial charge in [0.2, 0.25) is 0 Å². The van der Waals surface area contributed by atoms with Gasteiger partial charge >= 0.3 is 12.1 Å². The van der Waals surface area contributed by atoms with Crippen molar-refractivity contribution in [2.24, 2.45) is 0 Å². The van der Waals surface area contributed by atoms with Gasteiger partial charge in [-0.25, -0.2) is 0 Å². The average molecular weight is 526 g/mol. The lowest BCUT2D eigenvalue weighted by Crippen LogP contribution is -2.36. The molecule has 4 rings (SSSR count). The maximum absolute atomic E-state index is 14.8. The number of morpholine rings is 1. The molecule has 1 N–H and O–H groups in total. The number of aromatic nitrogens is 1. The maximum Gasteiger partial charge on any atom is 0.417 e. The lowest BCUT2D eigenvalue weighted by atomic mass is 10.0. The third kappa shape index (κ3) is 5.76. The van der Waals surface area contributed by atoms with E-state index in [2.05, 4.69) is 9.88 Å². The van der Waals surface area contributed by atoms with Gasteiger partial charge in [-0.1, -0.05) is 35.9 Å². The van der Waals surface area contributed by atoms with E-state index in [4.69, 9.17) is 16.3 Å². The van der Waals surface area contributed by atoms with Crippen molar-refractivity contribution in [2.45, 2.75) is 12.1 Å². The summed E-state index contributed by atoms with van der Waals surface area (Å²) in [6.45, 7) is 1.56. The van der Waals surface area contributed by atoms with Gasteiger partial charge in [0.05, 0.1) is 35.9 Å². The Balaban J connectivity index is 1.46. The van der Waals surface area contributed by atoms with Crippen LogP contribution in [-0.2, 0) is 16.8 Å². The molecule has 1 amide bonds. The Morgan fingerprint density at radius 1 is 1.00 bits per heavy atom. The number of alkyl halides is 5. The zero-order chi connectivity index (χ0) is 25.9. The Hall–Kier alpha value is -3.24. The van der Waals surface area contributed by atoms with E-state index in [-0.39, 0.29) is 5.02 Å². The third-order valence-corrected chi connectivity index (χ3v) is 6.00. The molecule has 2 heterocycles. The van der Waals surface area contributed by atoms with E-state index >= 15 is 0 Å². The molecule has 1 saturated heterocycles. The second-order valence-electron chi connectivity index (χ2n) is 8.13. The number of amides is 1. The Kier molecular flexibility index (Phi) is 7.46. The van der Waals surface area contributed by atoms with Crippen LogP contribution in [0, 0.1) is 0 Å². The highest BCUT2D eigenvalue weighted by molar-refractivity contribution is 6.31. The van der Waals surface area contributed by atoms with Gasteiger partial charge < -0.3 is 15.0 Å². The summed E-state index contributed by atoms with van der Waals surface area (Å²) in [5, 5.41) is 1.53. The monoisotopic (exact) mass is 525 g/mol. The highest BCUT2D eigenvalue weighted by Crippen LogP contribution is 2.35. The molecule has 2 aromatic carbocycles. The van der Waals surface area contributed by atoms with Crippen LogP contribution in [0.2, 0.25) is 5.02 Å². The van der Waals surface area contributed by atoms with Crippen LogP contribution in [0.4, 0.5) is 27.6 Å². The number of hydrogen-bond donors (Lipinski definition) is 1. The summed E-state index contributed by atoms with van der Waals surface area (Å²) in [5.74, 6) is -5.01. The number of nitrogens with zero attached hydrogens (tertiary/aromatic N) is 2. The van der Waals surface area contributed by atoms with E-state index < -0.39 is 41.4 Å². The lowest BCUT2D eigenvalue weighted by Gasteiger charge is -2.28. The molecule has 0 unspecified atom stereocenters. The summed E-state index contributed by atoms with van der Waals surface area (Å²) >= 11 is 6.11. The van der Waals surface area contributed by atoms with Gasteiger partial charge in [-0.3, -0.25) is 9.78 Å². The molecule has 0 spiro atoms.